The minimum Gasteiger partial charge on any atom is -0.549 e. The molecule has 1 unspecified atom stereocenters. The summed E-state index contributed by atoms with van der Waals surface area (Å²) in [6.07, 6.45) is 12.4. The van der Waals surface area contributed by atoms with E-state index < -0.39 is 16.4 Å². The van der Waals surface area contributed by atoms with Gasteiger partial charge < -0.3 is 9.53 Å². The van der Waals surface area contributed by atoms with Gasteiger partial charge in [-0.05, 0) is 61.9 Å². The molecule has 0 aliphatic rings. The third kappa shape index (κ3) is 12.1. The largest absolute Gasteiger partial charge is 0.549 e. The van der Waals surface area contributed by atoms with E-state index in [4.69, 9.17) is 4.43 Å². The Hall–Kier alpha value is -0.326. The van der Waals surface area contributed by atoms with E-state index in [1.807, 2.05) is 6.26 Å². The van der Waals surface area contributed by atoms with Crippen molar-refractivity contribution in [1.82, 2.24) is 0 Å². The molecule has 1 N–H and O–H groups in total. The van der Waals surface area contributed by atoms with Crippen molar-refractivity contribution >= 4 is 16.4 Å². The molecule has 2 nitrogen and oxygen atoms in total. The van der Waals surface area contributed by atoms with Crippen molar-refractivity contribution in [2.75, 3.05) is 0 Å². The molecular formula is C22H46O2Si2. The molecule has 4 heteroatoms. The fourth-order valence-corrected chi connectivity index (χ4v) is 4.99. The smallest absolute Gasteiger partial charge is 0.249 e. The van der Waals surface area contributed by atoms with Crippen molar-refractivity contribution in [2.45, 2.75) is 116 Å². The van der Waals surface area contributed by atoms with Crippen LogP contribution in [0.4, 0.5) is 0 Å². The van der Waals surface area contributed by atoms with E-state index in [1.165, 1.54) is 12.0 Å². The van der Waals surface area contributed by atoms with Crippen molar-refractivity contribution in [1.29, 1.82) is 0 Å². The monoisotopic (exact) mass is 398 g/mol. The molecule has 1 atom stereocenters. The molecule has 0 saturated carbocycles. The fraction of sp³-hybridized carbons (Fsp3) is 0.818. The summed E-state index contributed by atoms with van der Waals surface area (Å²) in [5, 5.41) is 10.7. The first-order valence-electron chi connectivity index (χ1n) is 10.5. The lowest BCUT2D eigenvalue weighted by Gasteiger charge is -2.35. The molecule has 0 radical (unpaired) electrons. The van der Waals surface area contributed by atoms with Gasteiger partial charge in [-0.3, -0.25) is 0 Å². The molecule has 0 aliphatic heterocycles. The number of allylic oxidation sites excluding steroid dienone is 2. The molecular weight excluding hydrogens is 352 g/mol. The molecule has 0 amide bonds. The average Bonchev–Trinajstić information content (AvgIpc) is 2.46. The van der Waals surface area contributed by atoms with Gasteiger partial charge in [-0.25, -0.2) is 0 Å². The maximum absolute atomic E-state index is 10.5. The first-order valence-corrected chi connectivity index (χ1v) is 17.1. The Morgan fingerprint density at radius 2 is 1.65 bits per heavy atom. The topological polar surface area (TPSA) is 29.5 Å². The summed E-state index contributed by atoms with van der Waals surface area (Å²) in [6, 6.07) is 1.11. The normalized spacial score (nSPS) is 15.5. The van der Waals surface area contributed by atoms with Gasteiger partial charge in [-0.1, -0.05) is 65.9 Å². The first-order chi connectivity index (χ1) is 11.8. The molecule has 0 bridgehead atoms. The van der Waals surface area contributed by atoms with E-state index in [0.29, 0.717) is 0 Å². The summed E-state index contributed by atoms with van der Waals surface area (Å²) in [6.45, 7) is 20.7. The Morgan fingerprint density at radius 3 is 2.15 bits per heavy atom. The Bertz CT molecular complexity index is 440. The van der Waals surface area contributed by atoms with E-state index in [0.717, 1.165) is 38.1 Å². The Labute approximate surface area is 166 Å². The van der Waals surface area contributed by atoms with Gasteiger partial charge in [0, 0.05) is 8.07 Å². The number of hydrogen-bond acceptors (Lipinski definition) is 2. The molecule has 0 rings (SSSR count). The van der Waals surface area contributed by atoms with Crippen molar-refractivity contribution in [2.24, 2.45) is 0 Å². The van der Waals surface area contributed by atoms with Crippen LogP contribution in [0.15, 0.2) is 24.0 Å². The van der Waals surface area contributed by atoms with Crippen LogP contribution in [0.25, 0.3) is 0 Å². The molecule has 0 heterocycles. The summed E-state index contributed by atoms with van der Waals surface area (Å²) in [5.41, 5.74) is 1.31. The van der Waals surface area contributed by atoms with Crippen LogP contribution >= 0.6 is 0 Å². The van der Waals surface area contributed by atoms with Crippen LogP contribution in [0.2, 0.25) is 43.8 Å². The van der Waals surface area contributed by atoms with Crippen LogP contribution in [0.5, 0.6) is 0 Å². The van der Waals surface area contributed by atoms with Gasteiger partial charge in [0.2, 0.25) is 8.32 Å². The highest BCUT2D eigenvalue weighted by atomic mass is 28.4. The van der Waals surface area contributed by atoms with E-state index in [9.17, 15) is 5.11 Å². The number of aliphatic hydroxyl groups is 1. The second-order valence-electron chi connectivity index (χ2n) is 10.4. The molecule has 0 aromatic carbocycles. The summed E-state index contributed by atoms with van der Waals surface area (Å²) in [7, 11) is -3.02. The molecule has 154 valence electrons. The third-order valence-corrected chi connectivity index (χ3v) is 11.0. The molecule has 0 aromatic heterocycles. The van der Waals surface area contributed by atoms with Gasteiger partial charge in [-0.2, -0.15) is 0 Å². The van der Waals surface area contributed by atoms with Gasteiger partial charge in [0.1, 0.15) is 0 Å². The zero-order valence-corrected chi connectivity index (χ0v) is 21.1. The van der Waals surface area contributed by atoms with Crippen LogP contribution < -0.4 is 0 Å². The summed E-state index contributed by atoms with van der Waals surface area (Å²) in [5.74, 6) is 0. The van der Waals surface area contributed by atoms with Crippen molar-refractivity contribution in [3.8, 4) is 0 Å². The van der Waals surface area contributed by atoms with Crippen molar-refractivity contribution in [3.05, 3.63) is 24.0 Å². The van der Waals surface area contributed by atoms with Crippen LogP contribution in [-0.4, -0.2) is 27.6 Å². The van der Waals surface area contributed by atoms with E-state index in [-0.39, 0.29) is 11.1 Å². The maximum atomic E-state index is 10.5. The lowest BCUT2D eigenvalue weighted by atomic mass is 10.0. The van der Waals surface area contributed by atoms with Crippen LogP contribution in [0.3, 0.4) is 0 Å². The van der Waals surface area contributed by atoms with Crippen molar-refractivity contribution < 1.29 is 9.53 Å². The zero-order valence-electron chi connectivity index (χ0n) is 19.1. The highest BCUT2D eigenvalue weighted by molar-refractivity contribution is 6.76. The average molecular weight is 399 g/mol. The number of rotatable bonds is 12. The van der Waals surface area contributed by atoms with Crippen LogP contribution in [0.1, 0.15) is 66.2 Å². The Morgan fingerprint density at radius 1 is 1.04 bits per heavy atom. The van der Waals surface area contributed by atoms with Gasteiger partial charge in [0.25, 0.3) is 0 Å². The summed E-state index contributed by atoms with van der Waals surface area (Å²) >= 11 is 0. The predicted molar refractivity (Wildman–Crippen MR) is 123 cm³/mol. The maximum Gasteiger partial charge on any atom is 0.249 e. The zero-order chi connectivity index (χ0) is 20.4. The van der Waals surface area contributed by atoms with Gasteiger partial charge >= 0.3 is 0 Å². The van der Waals surface area contributed by atoms with E-state index in [2.05, 4.69) is 72.6 Å². The lowest BCUT2D eigenvalue weighted by molar-refractivity contribution is 0.160. The molecule has 0 fully saturated rings. The van der Waals surface area contributed by atoms with E-state index >= 15 is 0 Å². The third-order valence-electron chi connectivity index (χ3n) is 5.14. The summed E-state index contributed by atoms with van der Waals surface area (Å²) < 4.78 is 6.35. The van der Waals surface area contributed by atoms with E-state index in [1.54, 1.807) is 0 Å². The minimum absolute atomic E-state index is 0.207. The highest BCUT2D eigenvalue weighted by Gasteiger charge is 2.38. The van der Waals surface area contributed by atoms with Crippen LogP contribution in [-0.2, 0) is 4.43 Å². The first kappa shape index (κ1) is 25.7. The molecule has 0 spiro atoms. The minimum atomic E-state index is -1.79. The van der Waals surface area contributed by atoms with Gasteiger partial charge in [0.05, 0.1) is 12.4 Å². The van der Waals surface area contributed by atoms with Crippen molar-refractivity contribution in [3.63, 3.8) is 0 Å². The molecule has 0 aromatic rings. The fourth-order valence-electron chi connectivity index (χ4n) is 2.58. The summed E-state index contributed by atoms with van der Waals surface area (Å²) in [4.78, 5) is 0. The van der Waals surface area contributed by atoms with Crippen LogP contribution in [0, 0.1) is 0 Å². The highest BCUT2D eigenvalue weighted by Crippen LogP contribution is 2.37. The number of hydrogen-bond donors (Lipinski definition) is 1. The lowest BCUT2D eigenvalue weighted by Crippen LogP contribution is -2.39. The quantitative estimate of drug-likeness (QED) is 0.159. The Kier molecular flexibility index (Phi) is 11.4. The molecule has 0 saturated heterocycles. The standard InChI is InChI=1S/C22H46O2Si2/c1-10-11-12-13-14-15-16-21(23)17-20(19-25(5,6)7)18-24-26(8,9)22(2,3)4/h11-12,18,21,23H,10,13-17,19H2,1-9H3/b12-11-,20-18-. The van der Waals surface area contributed by atoms with Gasteiger partial charge in [-0.15, -0.1) is 0 Å². The van der Waals surface area contributed by atoms with Gasteiger partial charge in [0.15, 0.2) is 0 Å². The molecule has 0 aliphatic carbocycles. The second-order valence-corrected chi connectivity index (χ2v) is 20.6. The number of unbranched alkanes of at least 4 members (excludes halogenated alkanes) is 2. The SMILES string of the molecule is CC/C=C\CCCCC(O)C/C(=C/O[Si](C)(C)C(C)(C)C)C[Si](C)(C)C. The predicted octanol–water partition coefficient (Wildman–Crippen LogP) is 7.51. The Balaban J connectivity index is 4.73. The number of aliphatic hydroxyl groups excluding tert-OH is 1. The molecule has 26 heavy (non-hydrogen) atoms. The second kappa shape index (κ2) is 11.5.